The molecular formula is C19H30N4O2. The molecule has 6 heteroatoms. The van der Waals surface area contributed by atoms with Gasteiger partial charge in [0.05, 0.1) is 0 Å². The van der Waals surface area contributed by atoms with Gasteiger partial charge in [0, 0.05) is 44.5 Å². The Bertz CT molecular complexity index is 562. The first-order valence-electron chi connectivity index (χ1n) is 9.20. The van der Waals surface area contributed by atoms with Crippen LogP contribution in [0.1, 0.15) is 45.6 Å². The summed E-state index contributed by atoms with van der Waals surface area (Å²) in [5.41, 5.74) is 1.00. The van der Waals surface area contributed by atoms with Crippen LogP contribution >= 0.6 is 0 Å². The molecule has 1 aromatic heterocycles. The summed E-state index contributed by atoms with van der Waals surface area (Å²) >= 11 is 0. The molecule has 0 saturated carbocycles. The lowest BCUT2D eigenvalue weighted by Gasteiger charge is -2.38. The van der Waals surface area contributed by atoms with Crippen LogP contribution in [-0.2, 0) is 11.3 Å². The van der Waals surface area contributed by atoms with Gasteiger partial charge in [-0.05, 0) is 43.7 Å². The third kappa shape index (κ3) is 6.03. The van der Waals surface area contributed by atoms with Crippen LogP contribution in [0.5, 0.6) is 0 Å². The Hall–Kier alpha value is -2.11. The highest BCUT2D eigenvalue weighted by atomic mass is 16.2. The van der Waals surface area contributed by atoms with Crippen molar-refractivity contribution in [1.29, 1.82) is 0 Å². The molecule has 138 valence electrons. The summed E-state index contributed by atoms with van der Waals surface area (Å²) in [6.07, 6.45) is 5.87. The van der Waals surface area contributed by atoms with Crippen molar-refractivity contribution < 1.29 is 9.59 Å². The second-order valence-electron chi connectivity index (χ2n) is 7.11. The van der Waals surface area contributed by atoms with Crippen molar-refractivity contribution in [3.8, 4) is 0 Å². The van der Waals surface area contributed by atoms with Gasteiger partial charge in [-0.3, -0.25) is 9.78 Å². The predicted molar refractivity (Wildman–Crippen MR) is 97.8 cm³/mol. The van der Waals surface area contributed by atoms with Crippen LogP contribution in [0.25, 0.3) is 0 Å². The lowest BCUT2D eigenvalue weighted by molar-refractivity contribution is -0.123. The second-order valence-corrected chi connectivity index (χ2v) is 7.11. The number of urea groups is 1. The highest BCUT2D eigenvalue weighted by molar-refractivity contribution is 5.76. The van der Waals surface area contributed by atoms with Crippen LogP contribution in [0.4, 0.5) is 4.79 Å². The molecule has 1 aliphatic heterocycles. The maximum absolute atomic E-state index is 12.3. The summed E-state index contributed by atoms with van der Waals surface area (Å²) in [7, 11) is 0. The number of pyridine rings is 1. The van der Waals surface area contributed by atoms with E-state index < -0.39 is 0 Å². The van der Waals surface area contributed by atoms with Crippen LogP contribution in [0.2, 0.25) is 0 Å². The van der Waals surface area contributed by atoms with Gasteiger partial charge in [0.1, 0.15) is 0 Å². The molecule has 0 aromatic carbocycles. The first-order valence-corrected chi connectivity index (χ1v) is 9.20. The van der Waals surface area contributed by atoms with Gasteiger partial charge in [0.25, 0.3) is 0 Å². The molecule has 0 unspecified atom stereocenters. The molecule has 1 saturated heterocycles. The van der Waals surface area contributed by atoms with E-state index in [1.807, 2.05) is 30.9 Å². The quantitative estimate of drug-likeness (QED) is 0.831. The molecule has 25 heavy (non-hydrogen) atoms. The van der Waals surface area contributed by atoms with Crippen LogP contribution in [-0.4, -0.2) is 41.0 Å². The van der Waals surface area contributed by atoms with E-state index in [0.29, 0.717) is 24.8 Å². The van der Waals surface area contributed by atoms with Gasteiger partial charge >= 0.3 is 6.03 Å². The Kier molecular flexibility index (Phi) is 7.22. The zero-order valence-electron chi connectivity index (χ0n) is 15.5. The number of piperidine rings is 1. The molecule has 0 aliphatic carbocycles. The number of hydrogen-bond donors (Lipinski definition) is 2. The molecule has 6 nitrogen and oxygen atoms in total. The maximum atomic E-state index is 12.3. The Morgan fingerprint density at radius 2 is 2.16 bits per heavy atom. The molecule has 0 bridgehead atoms. The lowest BCUT2D eigenvalue weighted by atomic mass is 9.81. The molecule has 1 aliphatic rings. The molecule has 0 radical (unpaired) electrons. The SMILES string of the molecule is CC[C@@H]1CN(C(=O)NC(C)C)CC[C@H]1CC(=O)NCc1cccnc1. The number of carbonyl (C=O) groups is 2. The minimum Gasteiger partial charge on any atom is -0.352 e. The molecule has 2 rings (SSSR count). The lowest BCUT2D eigenvalue weighted by Crippen LogP contribution is -2.50. The summed E-state index contributed by atoms with van der Waals surface area (Å²) < 4.78 is 0. The monoisotopic (exact) mass is 346 g/mol. The van der Waals surface area contributed by atoms with E-state index in [1.165, 1.54) is 0 Å². The summed E-state index contributed by atoms with van der Waals surface area (Å²) in [5.74, 6) is 0.783. The Morgan fingerprint density at radius 1 is 1.36 bits per heavy atom. The molecule has 1 fully saturated rings. The number of nitrogens with one attached hydrogen (secondary N) is 2. The Labute approximate surface area is 150 Å². The van der Waals surface area contributed by atoms with E-state index in [2.05, 4.69) is 22.5 Å². The third-order valence-corrected chi connectivity index (χ3v) is 4.78. The van der Waals surface area contributed by atoms with Gasteiger partial charge in [0.2, 0.25) is 5.91 Å². The Balaban J connectivity index is 1.81. The fourth-order valence-corrected chi connectivity index (χ4v) is 3.35. The third-order valence-electron chi connectivity index (χ3n) is 4.78. The van der Waals surface area contributed by atoms with Crippen molar-refractivity contribution >= 4 is 11.9 Å². The van der Waals surface area contributed by atoms with Crippen LogP contribution in [0.15, 0.2) is 24.5 Å². The second kappa shape index (κ2) is 9.39. The first-order chi connectivity index (χ1) is 12.0. The topological polar surface area (TPSA) is 74.3 Å². The largest absolute Gasteiger partial charge is 0.352 e. The number of amides is 3. The molecule has 2 atom stereocenters. The summed E-state index contributed by atoms with van der Waals surface area (Å²) in [6, 6.07) is 3.97. The van der Waals surface area contributed by atoms with E-state index >= 15 is 0 Å². The minimum absolute atomic E-state index is 0.00734. The van der Waals surface area contributed by atoms with Gasteiger partial charge in [0.15, 0.2) is 0 Å². The van der Waals surface area contributed by atoms with Crippen molar-refractivity contribution in [1.82, 2.24) is 20.5 Å². The molecule has 0 spiro atoms. The zero-order chi connectivity index (χ0) is 18.2. The molecular weight excluding hydrogens is 316 g/mol. The van der Waals surface area contributed by atoms with E-state index in [-0.39, 0.29) is 18.0 Å². The van der Waals surface area contributed by atoms with Gasteiger partial charge < -0.3 is 15.5 Å². The highest BCUT2D eigenvalue weighted by Crippen LogP contribution is 2.29. The number of aromatic nitrogens is 1. The predicted octanol–water partition coefficient (Wildman–Crippen LogP) is 2.55. The smallest absolute Gasteiger partial charge is 0.317 e. The normalized spacial score (nSPS) is 20.4. The van der Waals surface area contributed by atoms with E-state index in [4.69, 9.17) is 0 Å². The van der Waals surface area contributed by atoms with E-state index in [0.717, 1.165) is 31.5 Å². The Morgan fingerprint density at radius 3 is 2.80 bits per heavy atom. The number of nitrogens with zero attached hydrogens (tertiary/aromatic N) is 2. The fourth-order valence-electron chi connectivity index (χ4n) is 3.35. The van der Waals surface area contributed by atoms with Gasteiger partial charge in [-0.1, -0.05) is 19.4 Å². The van der Waals surface area contributed by atoms with Crippen molar-refractivity contribution in [2.75, 3.05) is 13.1 Å². The fraction of sp³-hybridized carbons (Fsp3) is 0.632. The number of rotatable bonds is 6. The summed E-state index contributed by atoms with van der Waals surface area (Å²) in [4.78, 5) is 30.4. The highest BCUT2D eigenvalue weighted by Gasteiger charge is 2.31. The molecule has 1 aromatic rings. The summed E-state index contributed by atoms with van der Waals surface area (Å²) in [6.45, 7) is 8.03. The number of likely N-dealkylation sites (tertiary alicyclic amines) is 1. The maximum Gasteiger partial charge on any atom is 0.317 e. The van der Waals surface area contributed by atoms with E-state index in [9.17, 15) is 9.59 Å². The van der Waals surface area contributed by atoms with Crippen LogP contribution in [0.3, 0.4) is 0 Å². The van der Waals surface area contributed by atoms with Gasteiger partial charge in [-0.25, -0.2) is 4.79 Å². The number of hydrogen-bond acceptors (Lipinski definition) is 3. The van der Waals surface area contributed by atoms with E-state index in [1.54, 1.807) is 12.4 Å². The molecule has 3 amide bonds. The van der Waals surface area contributed by atoms with Crippen molar-refractivity contribution in [2.24, 2.45) is 11.8 Å². The standard InChI is InChI=1S/C19H30N4O2/c1-4-16-13-23(19(25)22-14(2)3)9-7-17(16)10-18(24)21-12-15-6-5-8-20-11-15/h5-6,8,11,14,16-17H,4,7,9-10,12-13H2,1-3H3,(H,21,24)(H,22,25)/t16-,17+/m1/s1. The molecule has 2 heterocycles. The average molecular weight is 346 g/mol. The van der Waals surface area contributed by atoms with Crippen molar-refractivity contribution in [3.05, 3.63) is 30.1 Å². The zero-order valence-corrected chi connectivity index (χ0v) is 15.5. The first kappa shape index (κ1) is 19.2. The average Bonchev–Trinajstić information content (AvgIpc) is 2.60. The van der Waals surface area contributed by atoms with Crippen LogP contribution < -0.4 is 10.6 Å². The minimum atomic E-state index is 0.00734. The van der Waals surface area contributed by atoms with Crippen LogP contribution in [0, 0.1) is 11.8 Å². The summed E-state index contributed by atoms with van der Waals surface area (Å²) in [5, 5.41) is 5.93. The van der Waals surface area contributed by atoms with Gasteiger partial charge in [-0.15, -0.1) is 0 Å². The molecule has 2 N–H and O–H groups in total. The van der Waals surface area contributed by atoms with Crippen molar-refractivity contribution in [2.45, 2.75) is 52.6 Å². The van der Waals surface area contributed by atoms with Gasteiger partial charge in [-0.2, -0.15) is 0 Å². The number of carbonyl (C=O) groups excluding carboxylic acids is 2. The van der Waals surface area contributed by atoms with Crippen molar-refractivity contribution in [3.63, 3.8) is 0 Å².